The van der Waals surface area contributed by atoms with Crippen LogP contribution in [0.25, 0.3) is 0 Å². The molecule has 0 spiro atoms. The van der Waals surface area contributed by atoms with Gasteiger partial charge >= 0.3 is 0 Å². The molecular formula is C17H26FN. The van der Waals surface area contributed by atoms with Crippen LogP contribution in [0, 0.1) is 23.6 Å². The van der Waals surface area contributed by atoms with E-state index >= 15 is 0 Å². The molecule has 0 radical (unpaired) electrons. The van der Waals surface area contributed by atoms with Gasteiger partial charge in [-0.25, -0.2) is 4.39 Å². The fraction of sp³-hybridized carbons (Fsp3) is 0.647. The van der Waals surface area contributed by atoms with Crippen LogP contribution in [-0.2, 0) is 6.42 Å². The normalized spacial score (nSPS) is 27.4. The molecule has 3 unspecified atom stereocenters. The Morgan fingerprint density at radius 1 is 1.21 bits per heavy atom. The summed E-state index contributed by atoms with van der Waals surface area (Å²) in [5.74, 6) is 1.90. The van der Waals surface area contributed by atoms with E-state index in [-0.39, 0.29) is 5.82 Å². The number of halogens is 1. The van der Waals surface area contributed by atoms with Crippen molar-refractivity contribution in [2.75, 3.05) is 6.54 Å². The SMILES string of the molecule is CCCC1CCC(CN)C(Cc2ccccc2F)C1. The maximum absolute atomic E-state index is 13.8. The van der Waals surface area contributed by atoms with Gasteiger partial charge in [0, 0.05) is 0 Å². The first-order chi connectivity index (χ1) is 9.24. The van der Waals surface area contributed by atoms with E-state index < -0.39 is 0 Å². The highest BCUT2D eigenvalue weighted by atomic mass is 19.1. The van der Waals surface area contributed by atoms with E-state index in [0.717, 1.165) is 24.4 Å². The third kappa shape index (κ3) is 3.79. The highest BCUT2D eigenvalue weighted by molar-refractivity contribution is 5.18. The maximum Gasteiger partial charge on any atom is 0.126 e. The molecule has 19 heavy (non-hydrogen) atoms. The van der Waals surface area contributed by atoms with Crippen LogP contribution < -0.4 is 5.73 Å². The quantitative estimate of drug-likeness (QED) is 0.848. The Kier molecular flexibility index (Phi) is 5.38. The van der Waals surface area contributed by atoms with Crippen molar-refractivity contribution in [3.8, 4) is 0 Å². The lowest BCUT2D eigenvalue weighted by Crippen LogP contribution is -2.31. The fourth-order valence-electron chi connectivity index (χ4n) is 3.60. The van der Waals surface area contributed by atoms with Gasteiger partial charge in [0.05, 0.1) is 0 Å². The minimum atomic E-state index is -0.0594. The third-order valence-corrected chi connectivity index (χ3v) is 4.69. The van der Waals surface area contributed by atoms with Crippen LogP contribution in [-0.4, -0.2) is 6.54 Å². The predicted octanol–water partition coefficient (Wildman–Crippen LogP) is 4.16. The highest BCUT2D eigenvalue weighted by Crippen LogP contribution is 2.37. The van der Waals surface area contributed by atoms with Crippen molar-refractivity contribution in [3.05, 3.63) is 35.6 Å². The Morgan fingerprint density at radius 3 is 2.68 bits per heavy atom. The molecule has 0 saturated heterocycles. The zero-order valence-electron chi connectivity index (χ0n) is 11.9. The average Bonchev–Trinajstić information content (AvgIpc) is 2.42. The molecule has 1 aromatic rings. The standard InChI is InChI=1S/C17H26FN/c1-2-5-13-8-9-15(12-19)16(10-13)11-14-6-3-4-7-17(14)18/h3-4,6-7,13,15-16H,2,5,8-12,19H2,1H3. The molecule has 0 heterocycles. The van der Waals surface area contributed by atoms with Gasteiger partial charge in [-0.15, -0.1) is 0 Å². The van der Waals surface area contributed by atoms with Crippen molar-refractivity contribution in [1.82, 2.24) is 0 Å². The van der Waals surface area contributed by atoms with E-state index in [9.17, 15) is 4.39 Å². The second-order valence-corrected chi connectivity index (χ2v) is 6.02. The fourth-order valence-corrected chi connectivity index (χ4v) is 3.60. The van der Waals surface area contributed by atoms with Gasteiger partial charge in [0.15, 0.2) is 0 Å². The lowest BCUT2D eigenvalue weighted by atomic mass is 9.70. The number of nitrogens with two attached hydrogens (primary N) is 1. The van der Waals surface area contributed by atoms with Crippen LogP contribution in [0.1, 0.15) is 44.6 Å². The maximum atomic E-state index is 13.8. The Labute approximate surface area is 116 Å². The molecule has 1 aliphatic carbocycles. The van der Waals surface area contributed by atoms with Crippen LogP contribution in [0.4, 0.5) is 4.39 Å². The van der Waals surface area contributed by atoms with Crippen molar-refractivity contribution < 1.29 is 4.39 Å². The zero-order valence-corrected chi connectivity index (χ0v) is 11.9. The number of hydrogen-bond donors (Lipinski definition) is 1. The molecule has 0 bridgehead atoms. The van der Waals surface area contributed by atoms with Gasteiger partial charge in [-0.1, -0.05) is 44.4 Å². The molecule has 1 aliphatic rings. The molecule has 1 nitrogen and oxygen atoms in total. The summed E-state index contributed by atoms with van der Waals surface area (Å²) in [6.07, 6.45) is 7.18. The minimum absolute atomic E-state index is 0.0594. The second-order valence-electron chi connectivity index (χ2n) is 6.02. The van der Waals surface area contributed by atoms with Gasteiger partial charge < -0.3 is 5.73 Å². The van der Waals surface area contributed by atoms with Crippen molar-refractivity contribution in [1.29, 1.82) is 0 Å². The summed E-state index contributed by atoms with van der Waals surface area (Å²) >= 11 is 0. The van der Waals surface area contributed by atoms with Crippen LogP contribution in [0.2, 0.25) is 0 Å². The molecule has 2 N–H and O–H groups in total. The highest BCUT2D eigenvalue weighted by Gasteiger charge is 2.29. The van der Waals surface area contributed by atoms with Gasteiger partial charge in [-0.2, -0.15) is 0 Å². The molecule has 2 rings (SSSR count). The first kappa shape index (κ1) is 14.5. The van der Waals surface area contributed by atoms with Gasteiger partial charge in [0.1, 0.15) is 5.82 Å². The Morgan fingerprint density at radius 2 is 2.00 bits per heavy atom. The summed E-state index contributed by atoms with van der Waals surface area (Å²) in [5.41, 5.74) is 6.77. The van der Waals surface area contributed by atoms with Crippen molar-refractivity contribution >= 4 is 0 Å². The summed E-state index contributed by atoms with van der Waals surface area (Å²) in [7, 11) is 0. The summed E-state index contributed by atoms with van der Waals surface area (Å²) in [6.45, 7) is 3.00. The molecular weight excluding hydrogens is 237 g/mol. The van der Waals surface area contributed by atoms with Crippen LogP contribution in [0.15, 0.2) is 24.3 Å². The summed E-state index contributed by atoms with van der Waals surface area (Å²) in [5, 5.41) is 0. The first-order valence-electron chi connectivity index (χ1n) is 7.68. The molecule has 0 amide bonds. The zero-order chi connectivity index (χ0) is 13.7. The number of hydrogen-bond acceptors (Lipinski definition) is 1. The largest absolute Gasteiger partial charge is 0.330 e. The van der Waals surface area contributed by atoms with Gasteiger partial charge in [0.2, 0.25) is 0 Å². The smallest absolute Gasteiger partial charge is 0.126 e. The first-order valence-corrected chi connectivity index (χ1v) is 7.68. The Hall–Kier alpha value is -0.890. The Balaban J connectivity index is 2.04. The lowest BCUT2D eigenvalue weighted by molar-refractivity contribution is 0.175. The topological polar surface area (TPSA) is 26.0 Å². The third-order valence-electron chi connectivity index (χ3n) is 4.69. The van der Waals surface area contributed by atoms with Crippen LogP contribution in [0.5, 0.6) is 0 Å². The van der Waals surface area contributed by atoms with E-state index in [1.807, 2.05) is 12.1 Å². The van der Waals surface area contributed by atoms with Crippen molar-refractivity contribution in [2.24, 2.45) is 23.5 Å². The van der Waals surface area contributed by atoms with Gasteiger partial charge in [-0.05, 0) is 55.2 Å². The minimum Gasteiger partial charge on any atom is -0.330 e. The summed E-state index contributed by atoms with van der Waals surface area (Å²) in [6, 6.07) is 7.19. The second kappa shape index (κ2) is 7.04. The number of rotatable bonds is 5. The van der Waals surface area contributed by atoms with Gasteiger partial charge in [-0.3, -0.25) is 0 Å². The van der Waals surface area contributed by atoms with Crippen LogP contribution in [0.3, 0.4) is 0 Å². The van der Waals surface area contributed by atoms with Crippen molar-refractivity contribution in [2.45, 2.75) is 45.4 Å². The van der Waals surface area contributed by atoms with Crippen molar-refractivity contribution in [3.63, 3.8) is 0 Å². The molecule has 106 valence electrons. The lowest BCUT2D eigenvalue weighted by Gasteiger charge is -2.36. The summed E-state index contributed by atoms with van der Waals surface area (Å²) in [4.78, 5) is 0. The average molecular weight is 263 g/mol. The molecule has 2 heteroatoms. The molecule has 0 aliphatic heterocycles. The van der Waals surface area contributed by atoms with Gasteiger partial charge in [0.25, 0.3) is 0 Å². The van der Waals surface area contributed by atoms with E-state index in [2.05, 4.69) is 6.92 Å². The van der Waals surface area contributed by atoms with E-state index in [1.165, 1.54) is 32.1 Å². The molecule has 0 aromatic heterocycles. The Bertz CT molecular complexity index is 391. The van der Waals surface area contributed by atoms with E-state index in [0.29, 0.717) is 11.8 Å². The molecule has 1 fully saturated rings. The van der Waals surface area contributed by atoms with Crippen LogP contribution >= 0.6 is 0 Å². The van der Waals surface area contributed by atoms with E-state index in [4.69, 9.17) is 5.73 Å². The monoisotopic (exact) mass is 263 g/mol. The summed E-state index contributed by atoms with van der Waals surface area (Å²) < 4.78 is 13.8. The van der Waals surface area contributed by atoms with E-state index in [1.54, 1.807) is 12.1 Å². The number of benzene rings is 1. The molecule has 3 atom stereocenters. The predicted molar refractivity (Wildman–Crippen MR) is 78.4 cm³/mol. The molecule has 1 saturated carbocycles. The molecule has 1 aromatic carbocycles.